The lowest BCUT2D eigenvalue weighted by Crippen LogP contribution is -2.53. The molecule has 1 aliphatic rings. The van der Waals surface area contributed by atoms with E-state index in [0.29, 0.717) is 0 Å². The molecule has 14 heavy (non-hydrogen) atoms. The van der Waals surface area contributed by atoms with Crippen molar-refractivity contribution in [3.63, 3.8) is 0 Å². The van der Waals surface area contributed by atoms with Gasteiger partial charge in [-0.3, -0.25) is 4.79 Å². The molecule has 1 atom stereocenters. The van der Waals surface area contributed by atoms with E-state index in [1.54, 1.807) is 16.2 Å². The minimum Gasteiger partial charge on any atom is -0.339 e. The molecule has 0 bridgehead atoms. The molecule has 1 saturated heterocycles. The van der Waals surface area contributed by atoms with E-state index < -0.39 is 0 Å². The second-order valence-electron chi connectivity index (χ2n) is 3.57. The first kappa shape index (κ1) is 9.68. The SMILES string of the molecule is CN(Cc1cccs1)C(=O)[C@H]1CCN1. The largest absolute Gasteiger partial charge is 0.339 e. The third-order valence-electron chi connectivity index (χ3n) is 2.47. The molecule has 1 aromatic rings. The normalized spacial score (nSPS) is 20.2. The summed E-state index contributed by atoms with van der Waals surface area (Å²) in [5.41, 5.74) is 0. The molecule has 3 nitrogen and oxygen atoms in total. The Bertz CT molecular complexity index is 306. The van der Waals surface area contributed by atoms with Crippen molar-refractivity contribution in [3.8, 4) is 0 Å². The number of amides is 1. The molecule has 76 valence electrons. The highest BCUT2D eigenvalue weighted by Gasteiger charge is 2.27. The highest BCUT2D eigenvalue weighted by Crippen LogP contribution is 2.13. The van der Waals surface area contributed by atoms with Crippen LogP contribution in [-0.2, 0) is 11.3 Å². The maximum absolute atomic E-state index is 11.7. The molecule has 1 N–H and O–H groups in total. The van der Waals surface area contributed by atoms with Gasteiger partial charge in [-0.05, 0) is 24.4 Å². The Hall–Kier alpha value is -0.870. The summed E-state index contributed by atoms with van der Waals surface area (Å²) >= 11 is 1.69. The summed E-state index contributed by atoms with van der Waals surface area (Å²) in [7, 11) is 1.86. The number of carbonyl (C=O) groups excluding carboxylic acids is 1. The molecule has 1 aliphatic heterocycles. The summed E-state index contributed by atoms with van der Waals surface area (Å²) in [6, 6.07) is 4.14. The summed E-state index contributed by atoms with van der Waals surface area (Å²) in [4.78, 5) is 14.8. The van der Waals surface area contributed by atoms with Gasteiger partial charge in [-0.2, -0.15) is 0 Å². The summed E-state index contributed by atoms with van der Waals surface area (Å²) < 4.78 is 0. The van der Waals surface area contributed by atoms with E-state index in [4.69, 9.17) is 0 Å². The molecule has 0 radical (unpaired) electrons. The summed E-state index contributed by atoms with van der Waals surface area (Å²) in [5.74, 6) is 0.213. The third-order valence-corrected chi connectivity index (χ3v) is 3.33. The van der Waals surface area contributed by atoms with Crippen LogP contribution in [0.25, 0.3) is 0 Å². The predicted molar refractivity (Wildman–Crippen MR) is 57.2 cm³/mol. The number of hydrogen-bond donors (Lipinski definition) is 1. The van der Waals surface area contributed by atoms with E-state index in [1.165, 1.54) is 4.88 Å². The number of thiophene rings is 1. The van der Waals surface area contributed by atoms with E-state index in [-0.39, 0.29) is 11.9 Å². The second kappa shape index (κ2) is 4.11. The van der Waals surface area contributed by atoms with Crippen molar-refractivity contribution in [1.29, 1.82) is 0 Å². The molecule has 1 amide bonds. The van der Waals surface area contributed by atoms with Crippen LogP contribution in [-0.4, -0.2) is 30.4 Å². The van der Waals surface area contributed by atoms with Crippen molar-refractivity contribution < 1.29 is 4.79 Å². The van der Waals surface area contributed by atoms with Crippen LogP contribution in [0.1, 0.15) is 11.3 Å². The number of likely N-dealkylation sites (N-methyl/N-ethyl adjacent to an activating group) is 1. The zero-order chi connectivity index (χ0) is 9.97. The maximum Gasteiger partial charge on any atom is 0.239 e. The van der Waals surface area contributed by atoms with E-state index in [1.807, 2.05) is 18.5 Å². The molecule has 0 unspecified atom stereocenters. The minimum atomic E-state index is 0.0694. The van der Waals surface area contributed by atoms with Crippen LogP contribution >= 0.6 is 11.3 Å². The smallest absolute Gasteiger partial charge is 0.239 e. The molecule has 0 aliphatic carbocycles. The van der Waals surface area contributed by atoms with Crippen LogP contribution < -0.4 is 5.32 Å². The van der Waals surface area contributed by atoms with Crippen molar-refractivity contribution in [2.75, 3.05) is 13.6 Å². The fraction of sp³-hybridized carbons (Fsp3) is 0.500. The van der Waals surface area contributed by atoms with Gasteiger partial charge in [-0.25, -0.2) is 0 Å². The Balaban J connectivity index is 1.88. The average molecular weight is 210 g/mol. The molecule has 2 heterocycles. The van der Waals surface area contributed by atoms with Gasteiger partial charge in [0.2, 0.25) is 5.91 Å². The van der Waals surface area contributed by atoms with Gasteiger partial charge >= 0.3 is 0 Å². The third kappa shape index (κ3) is 1.96. The van der Waals surface area contributed by atoms with Gasteiger partial charge in [0.05, 0.1) is 12.6 Å². The van der Waals surface area contributed by atoms with Crippen LogP contribution in [0.15, 0.2) is 17.5 Å². The summed E-state index contributed by atoms with van der Waals surface area (Å²) in [6.45, 7) is 1.71. The Kier molecular flexibility index (Phi) is 2.84. The molecule has 1 fully saturated rings. The van der Waals surface area contributed by atoms with Crippen molar-refractivity contribution in [2.45, 2.75) is 19.0 Å². The van der Waals surface area contributed by atoms with Gasteiger partial charge in [-0.1, -0.05) is 6.07 Å². The first-order chi connectivity index (χ1) is 6.77. The van der Waals surface area contributed by atoms with Crippen LogP contribution in [0.5, 0.6) is 0 Å². The van der Waals surface area contributed by atoms with E-state index in [9.17, 15) is 4.79 Å². The lowest BCUT2D eigenvalue weighted by Gasteiger charge is -2.30. The van der Waals surface area contributed by atoms with Crippen LogP contribution in [0.4, 0.5) is 0 Å². The zero-order valence-electron chi connectivity index (χ0n) is 8.19. The van der Waals surface area contributed by atoms with Crippen LogP contribution in [0.3, 0.4) is 0 Å². The van der Waals surface area contributed by atoms with E-state index in [0.717, 1.165) is 19.5 Å². The fourth-order valence-electron chi connectivity index (χ4n) is 1.48. The van der Waals surface area contributed by atoms with E-state index in [2.05, 4.69) is 11.4 Å². The van der Waals surface area contributed by atoms with Crippen LogP contribution in [0.2, 0.25) is 0 Å². The number of nitrogens with zero attached hydrogens (tertiary/aromatic N) is 1. The highest BCUT2D eigenvalue weighted by atomic mass is 32.1. The number of nitrogens with one attached hydrogen (secondary N) is 1. The highest BCUT2D eigenvalue weighted by molar-refractivity contribution is 7.09. The van der Waals surface area contributed by atoms with Gasteiger partial charge in [0.25, 0.3) is 0 Å². The number of rotatable bonds is 3. The topological polar surface area (TPSA) is 32.3 Å². The van der Waals surface area contributed by atoms with E-state index >= 15 is 0 Å². The molecule has 0 aromatic carbocycles. The molecule has 0 spiro atoms. The second-order valence-corrected chi connectivity index (χ2v) is 4.60. The minimum absolute atomic E-state index is 0.0694. The quantitative estimate of drug-likeness (QED) is 0.809. The molecule has 0 saturated carbocycles. The molecule has 2 rings (SSSR count). The summed E-state index contributed by atoms with van der Waals surface area (Å²) in [6.07, 6.45) is 0.980. The molecular weight excluding hydrogens is 196 g/mol. The first-order valence-corrected chi connectivity index (χ1v) is 5.66. The Morgan fingerprint density at radius 1 is 1.79 bits per heavy atom. The zero-order valence-corrected chi connectivity index (χ0v) is 9.01. The van der Waals surface area contributed by atoms with Crippen molar-refractivity contribution in [1.82, 2.24) is 10.2 Å². The van der Waals surface area contributed by atoms with Crippen LogP contribution in [0, 0.1) is 0 Å². The predicted octanol–water partition coefficient (Wildman–Crippen LogP) is 1.07. The fourth-order valence-corrected chi connectivity index (χ4v) is 2.24. The Morgan fingerprint density at radius 2 is 2.57 bits per heavy atom. The molecule has 4 heteroatoms. The standard InChI is InChI=1S/C10H14N2OS/c1-12(7-8-3-2-6-14-8)10(13)9-4-5-11-9/h2-3,6,9,11H,4-5,7H2,1H3/t9-/m1/s1. The molecule has 1 aromatic heterocycles. The van der Waals surface area contributed by atoms with Gasteiger partial charge in [-0.15, -0.1) is 11.3 Å². The van der Waals surface area contributed by atoms with Crippen molar-refractivity contribution >= 4 is 17.2 Å². The monoisotopic (exact) mass is 210 g/mol. The first-order valence-electron chi connectivity index (χ1n) is 4.78. The Labute approximate surface area is 87.7 Å². The number of carbonyl (C=O) groups is 1. The molecular formula is C10H14N2OS. The maximum atomic E-state index is 11.7. The van der Waals surface area contributed by atoms with Gasteiger partial charge in [0, 0.05) is 11.9 Å². The van der Waals surface area contributed by atoms with Gasteiger partial charge in [0.1, 0.15) is 0 Å². The lowest BCUT2D eigenvalue weighted by molar-refractivity contribution is -0.134. The summed E-state index contributed by atoms with van der Waals surface area (Å²) in [5, 5.41) is 5.15. The van der Waals surface area contributed by atoms with Crippen molar-refractivity contribution in [3.05, 3.63) is 22.4 Å². The van der Waals surface area contributed by atoms with Crippen molar-refractivity contribution in [2.24, 2.45) is 0 Å². The average Bonchev–Trinajstić information content (AvgIpc) is 2.53. The number of hydrogen-bond acceptors (Lipinski definition) is 3. The Morgan fingerprint density at radius 3 is 3.07 bits per heavy atom. The lowest BCUT2D eigenvalue weighted by atomic mass is 10.1. The van der Waals surface area contributed by atoms with Gasteiger partial charge in [0.15, 0.2) is 0 Å². The van der Waals surface area contributed by atoms with Gasteiger partial charge < -0.3 is 10.2 Å².